The van der Waals surface area contributed by atoms with Crippen molar-refractivity contribution in [2.24, 2.45) is 0 Å². The van der Waals surface area contributed by atoms with Gasteiger partial charge < -0.3 is 15.0 Å². The smallest absolute Gasteiger partial charge is 0.250 e. The molecule has 1 aliphatic rings. The van der Waals surface area contributed by atoms with Crippen LogP contribution in [0.4, 0.5) is 5.69 Å². The average Bonchev–Trinajstić information content (AvgIpc) is 2.39. The number of likely N-dealkylation sites (N-methyl/N-ethyl adjacent to an activating group) is 1. The summed E-state index contributed by atoms with van der Waals surface area (Å²) in [5, 5.41) is 2.58. The van der Waals surface area contributed by atoms with E-state index >= 15 is 0 Å². The largest absolute Gasteiger partial charge is 0.365 e. The van der Waals surface area contributed by atoms with Crippen LogP contribution in [0, 0.1) is 0 Å². The summed E-state index contributed by atoms with van der Waals surface area (Å²) in [6.07, 6.45) is 4.54. The van der Waals surface area contributed by atoms with Crippen LogP contribution in [-0.2, 0) is 9.53 Å². The first-order valence-electron chi connectivity index (χ1n) is 5.14. The fraction of sp³-hybridized carbons (Fsp3) is 0.500. The van der Waals surface area contributed by atoms with Crippen LogP contribution in [0.1, 0.15) is 0 Å². The summed E-state index contributed by atoms with van der Waals surface area (Å²) in [4.78, 5) is 21.4. The molecule has 6 heteroatoms. The van der Waals surface area contributed by atoms with E-state index in [4.69, 9.17) is 4.74 Å². The number of carbonyl (C=O) groups excluding carboxylic acids is 1. The molecule has 2 rings (SSSR count). The standard InChI is InChI=1S/C10H14N4O2/c1-11-10(15)9-6-14(2-3-16-9)8-4-12-7-13-5-8/h4-5,7,9H,2-3,6H2,1H3,(H,11,15). The number of hydrogen-bond acceptors (Lipinski definition) is 5. The second-order valence-electron chi connectivity index (χ2n) is 3.52. The lowest BCUT2D eigenvalue weighted by atomic mass is 10.2. The molecular formula is C10H14N4O2. The fourth-order valence-electron chi connectivity index (χ4n) is 1.66. The summed E-state index contributed by atoms with van der Waals surface area (Å²) in [6, 6.07) is 0. The first kappa shape index (κ1) is 10.8. The van der Waals surface area contributed by atoms with Crippen LogP contribution in [0.25, 0.3) is 0 Å². The summed E-state index contributed by atoms with van der Waals surface area (Å²) in [7, 11) is 1.61. The average molecular weight is 222 g/mol. The van der Waals surface area contributed by atoms with Crippen molar-refractivity contribution in [1.29, 1.82) is 0 Å². The van der Waals surface area contributed by atoms with E-state index in [1.54, 1.807) is 19.4 Å². The number of morpholine rings is 1. The van der Waals surface area contributed by atoms with E-state index in [0.29, 0.717) is 13.2 Å². The molecule has 1 atom stereocenters. The van der Waals surface area contributed by atoms with Gasteiger partial charge in [0.2, 0.25) is 0 Å². The van der Waals surface area contributed by atoms with Crippen LogP contribution < -0.4 is 10.2 Å². The molecule has 16 heavy (non-hydrogen) atoms. The lowest BCUT2D eigenvalue weighted by Gasteiger charge is -2.32. The quantitative estimate of drug-likeness (QED) is 0.725. The molecule has 1 aromatic heterocycles. The van der Waals surface area contributed by atoms with Crippen molar-refractivity contribution in [3.63, 3.8) is 0 Å². The maximum absolute atomic E-state index is 11.4. The molecule has 0 saturated carbocycles. The Morgan fingerprint density at radius 3 is 3.00 bits per heavy atom. The van der Waals surface area contributed by atoms with Crippen molar-refractivity contribution in [3.05, 3.63) is 18.7 Å². The van der Waals surface area contributed by atoms with Crippen LogP contribution >= 0.6 is 0 Å². The Labute approximate surface area is 93.6 Å². The minimum absolute atomic E-state index is 0.0958. The fourth-order valence-corrected chi connectivity index (χ4v) is 1.66. The Balaban J connectivity index is 2.05. The molecule has 1 saturated heterocycles. The molecular weight excluding hydrogens is 208 g/mol. The van der Waals surface area contributed by atoms with E-state index in [9.17, 15) is 4.79 Å². The molecule has 1 amide bonds. The third-order valence-electron chi connectivity index (χ3n) is 2.52. The number of nitrogens with zero attached hydrogens (tertiary/aromatic N) is 3. The summed E-state index contributed by atoms with van der Waals surface area (Å²) in [5.74, 6) is -0.0958. The highest BCUT2D eigenvalue weighted by atomic mass is 16.5. The number of amides is 1. The predicted octanol–water partition coefficient (Wildman–Crippen LogP) is -0.572. The van der Waals surface area contributed by atoms with Crippen molar-refractivity contribution in [2.45, 2.75) is 6.10 Å². The monoisotopic (exact) mass is 222 g/mol. The Hall–Kier alpha value is -1.69. The lowest BCUT2D eigenvalue weighted by Crippen LogP contribution is -2.49. The van der Waals surface area contributed by atoms with Gasteiger partial charge in [-0.15, -0.1) is 0 Å². The summed E-state index contributed by atoms with van der Waals surface area (Å²) in [6.45, 7) is 1.82. The summed E-state index contributed by atoms with van der Waals surface area (Å²) < 4.78 is 5.39. The van der Waals surface area contributed by atoms with E-state index in [0.717, 1.165) is 12.2 Å². The first-order valence-corrected chi connectivity index (χ1v) is 5.14. The van der Waals surface area contributed by atoms with Crippen molar-refractivity contribution in [1.82, 2.24) is 15.3 Å². The van der Waals surface area contributed by atoms with Gasteiger partial charge in [0.25, 0.3) is 5.91 Å². The minimum Gasteiger partial charge on any atom is -0.365 e. The van der Waals surface area contributed by atoms with Crippen molar-refractivity contribution in [2.75, 3.05) is 31.6 Å². The van der Waals surface area contributed by atoms with Crippen LogP contribution in [0.2, 0.25) is 0 Å². The van der Waals surface area contributed by atoms with Gasteiger partial charge in [0.05, 0.1) is 31.2 Å². The van der Waals surface area contributed by atoms with Gasteiger partial charge in [0, 0.05) is 13.6 Å². The molecule has 1 aromatic rings. The molecule has 86 valence electrons. The van der Waals surface area contributed by atoms with Crippen LogP contribution in [-0.4, -0.2) is 48.7 Å². The molecule has 1 unspecified atom stereocenters. The molecule has 0 radical (unpaired) electrons. The van der Waals surface area contributed by atoms with Crippen LogP contribution in [0.3, 0.4) is 0 Å². The molecule has 2 heterocycles. The van der Waals surface area contributed by atoms with Gasteiger partial charge in [0.15, 0.2) is 6.10 Å². The number of rotatable bonds is 2. The minimum atomic E-state index is -0.418. The highest BCUT2D eigenvalue weighted by molar-refractivity contribution is 5.81. The van der Waals surface area contributed by atoms with Gasteiger partial charge in [-0.1, -0.05) is 0 Å². The normalized spacial score (nSPS) is 20.6. The van der Waals surface area contributed by atoms with Crippen molar-refractivity contribution >= 4 is 11.6 Å². The lowest BCUT2D eigenvalue weighted by molar-refractivity contribution is -0.132. The SMILES string of the molecule is CNC(=O)C1CN(c2cncnc2)CCO1. The maximum atomic E-state index is 11.4. The molecule has 0 spiro atoms. The zero-order chi connectivity index (χ0) is 11.4. The number of aromatic nitrogens is 2. The first-order chi connectivity index (χ1) is 7.81. The second kappa shape index (κ2) is 4.89. The van der Waals surface area contributed by atoms with Gasteiger partial charge in [-0.3, -0.25) is 4.79 Å². The van der Waals surface area contributed by atoms with E-state index in [-0.39, 0.29) is 5.91 Å². The van der Waals surface area contributed by atoms with Crippen molar-refractivity contribution < 1.29 is 9.53 Å². The maximum Gasteiger partial charge on any atom is 0.250 e. The number of hydrogen-bond donors (Lipinski definition) is 1. The van der Waals surface area contributed by atoms with Gasteiger partial charge in [-0.05, 0) is 0 Å². The van der Waals surface area contributed by atoms with Gasteiger partial charge in [-0.2, -0.15) is 0 Å². The summed E-state index contributed by atoms with van der Waals surface area (Å²) >= 11 is 0. The predicted molar refractivity (Wildman–Crippen MR) is 58.1 cm³/mol. The van der Waals surface area contributed by atoms with E-state index in [1.807, 2.05) is 4.90 Å². The van der Waals surface area contributed by atoms with Crippen LogP contribution in [0.5, 0.6) is 0 Å². The molecule has 0 bridgehead atoms. The molecule has 1 aliphatic heterocycles. The van der Waals surface area contributed by atoms with Gasteiger partial charge in [0.1, 0.15) is 6.33 Å². The molecule has 0 aliphatic carbocycles. The molecule has 0 aromatic carbocycles. The van der Waals surface area contributed by atoms with Gasteiger partial charge in [-0.25, -0.2) is 9.97 Å². The zero-order valence-corrected chi connectivity index (χ0v) is 9.09. The Kier molecular flexibility index (Phi) is 3.31. The third kappa shape index (κ3) is 2.27. The molecule has 1 N–H and O–H groups in total. The molecule has 1 fully saturated rings. The Bertz CT molecular complexity index is 357. The number of nitrogens with one attached hydrogen (secondary N) is 1. The Morgan fingerprint density at radius 2 is 2.31 bits per heavy atom. The van der Waals surface area contributed by atoms with Gasteiger partial charge >= 0.3 is 0 Å². The topological polar surface area (TPSA) is 67.4 Å². The Morgan fingerprint density at radius 1 is 1.56 bits per heavy atom. The highest BCUT2D eigenvalue weighted by Gasteiger charge is 2.26. The summed E-state index contributed by atoms with van der Waals surface area (Å²) in [5.41, 5.74) is 0.916. The van der Waals surface area contributed by atoms with E-state index < -0.39 is 6.10 Å². The van der Waals surface area contributed by atoms with Crippen LogP contribution in [0.15, 0.2) is 18.7 Å². The number of anilines is 1. The number of ether oxygens (including phenoxy) is 1. The van der Waals surface area contributed by atoms with Crippen molar-refractivity contribution in [3.8, 4) is 0 Å². The zero-order valence-electron chi connectivity index (χ0n) is 9.09. The second-order valence-corrected chi connectivity index (χ2v) is 3.52. The third-order valence-corrected chi connectivity index (χ3v) is 2.52. The highest BCUT2D eigenvalue weighted by Crippen LogP contribution is 2.14. The molecule has 6 nitrogen and oxygen atoms in total. The number of carbonyl (C=O) groups is 1. The van der Waals surface area contributed by atoms with E-state index in [1.165, 1.54) is 6.33 Å². The van der Waals surface area contributed by atoms with E-state index in [2.05, 4.69) is 15.3 Å².